The van der Waals surface area contributed by atoms with Gasteiger partial charge in [0.15, 0.2) is 6.10 Å². The van der Waals surface area contributed by atoms with Gasteiger partial charge >= 0.3 is 19.8 Å². The summed E-state index contributed by atoms with van der Waals surface area (Å²) in [5.41, 5.74) is 0. The third kappa shape index (κ3) is 52.4. The van der Waals surface area contributed by atoms with Crippen molar-refractivity contribution in [2.75, 3.05) is 20.3 Å². The highest BCUT2D eigenvalue weighted by atomic mass is 31.2. The van der Waals surface area contributed by atoms with E-state index in [9.17, 15) is 19.0 Å². The van der Waals surface area contributed by atoms with Gasteiger partial charge in [-0.2, -0.15) is 0 Å². The average molecular weight is 957 g/mol. The van der Waals surface area contributed by atoms with Crippen LogP contribution in [0.1, 0.15) is 328 Å². The van der Waals surface area contributed by atoms with Crippen LogP contribution in [0.5, 0.6) is 0 Å². The Morgan fingerprint density at radius 3 is 0.833 bits per heavy atom. The first-order chi connectivity index (χ1) is 32.3. The standard InChI is InChI=1S/C57H113O8P/c1-4-6-8-10-12-14-16-18-20-22-24-26-28-30-32-34-36-38-40-42-44-46-48-50-52-57(59)65-55(54-64-66(60,61)62-3)53-63-56(58)51-49-47-45-43-41-39-37-35-33-31-29-27-25-23-21-19-17-15-13-11-9-7-5-2/h55H,4-54H2,1-3H3,(H,60,61). The van der Waals surface area contributed by atoms with E-state index >= 15 is 0 Å². The zero-order chi connectivity index (χ0) is 48.1. The SMILES string of the molecule is CCCCCCCCCCCCCCCCCCCCCCCCCCC(=O)OC(COC(=O)CCCCCCCCCCCCCCCCCCCCCCCCC)COP(=O)(O)OC. The second-order valence-electron chi connectivity index (χ2n) is 20.2. The highest BCUT2D eigenvalue weighted by molar-refractivity contribution is 7.47. The van der Waals surface area contributed by atoms with Crippen molar-refractivity contribution in [1.29, 1.82) is 0 Å². The number of hydrogen-bond acceptors (Lipinski definition) is 7. The van der Waals surface area contributed by atoms with Crippen LogP contribution < -0.4 is 0 Å². The molecule has 0 heterocycles. The van der Waals surface area contributed by atoms with E-state index in [1.807, 2.05) is 0 Å². The fourth-order valence-electron chi connectivity index (χ4n) is 9.14. The zero-order valence-electron chi connectivity index (χ0n) is 44.4. The Balaban J connectivity index is 3.77. The van der Waals surface area contributed by atoms with Gasteiger partial charge in [0.05, 0.1) is 6.61 Å². The van der Waals surface area contributed by atoms with Crippen molar-refractivity contribution in [3.8, 4) is 0 Å². The summed E-state index contributed by atoms with van der Waals surface area (Å²) in [6.07, 6.45) is 61.9. The van der Waals surface area contributed by atoms with Gasteiger partial charge in [-0.05, 0) is 12.8 Å². The van der Waals surface area contributed by atoms with E-state index in [1.165, 1.54) is 263 Å². The highest BCUT2D eigenvalue weighted by Gasteiger charge is 2.25. The molecule has 0 aromatic rings. The van der Waals surface area contributed by atoms with Crippen molar-refractivity contribution < 1.29 is 37.6 Å². The third-order valence-electron chi connectivity index (χ3n) is 13.6. The summed E-state index contributed by atoms with van der Waals surface area (Å²) in [6, 6.07) is 0. The minimum Gasteiger partial charge on any atom is -0.462 e. The molecule has 1 N–H and O–H groups in total. The number of carbonyl (C=O) groups excluding carboxylic acids is 2. The Labute approximate surface area is 410 Å². The molecule has 0 spiro atoms. The number of unbranched alkanes of at least 4 members (excludes halogenated alkanes) is 45. The summed E-state index contributed by atoms with van der Waals surface area (Å²) < 4.78 is 32.3. The quantitative estimate of drug-likeness (QED) is 0.0365. The molecule has 9 heteroatoms. The first-order valence-corrected chi connectivity index (χ1v) is 30.7. The lowest BCUT2D eigenvalue weighted by atomic mass is 10.0. The van der Waals surface area contributed by atoms with E-state index in [-0.39, 0.29) is 25.6 Å². The molecule has 0 aromatic carbocycles. The molecule has 66 heavy (non-hydrogen) atoms. The maximum absolute atomic E-state index is 12.6. The molecule has 0 aromatic heterocycles. The summed E-state index contributed by atoms with van der Waals surface area (Å²) in [5, 5.41) is 0. The molecule has 0 aliphatic rings. The van der Waals surface area contributed by atoms with E-state index in [0.29, 0.717) is 6.42 Å². The highest BCUT2D eigenvalue weighted by Crippen LogP contribution is 2.42. The van der Waals surface area contributed by atoms with Gasteiger partial charge in [-0.15, -0.1) is 0 Å². The first-order valence-electron chi connectivity index (χ1n) is 29.2. The molecule has 0 bridgehead atoms. The van der Waals surface area contributed by atoms with Crippen LogP contribution in [0.2, 0.25) is 0 Å². The van der Waals surface area contributed by atoms with Gasteiger partial charge in [0.2, 0.25) is 0 Å². The maximum atomic E-state index is 12.6. The second-order valence-corrected chi connectivity index (χ2v) is 21.7. The van der Waals surface area contributed by atoms with Crippen molar-refractivity contribution >= 4 is 19.8 Å². The molecular weight excluding hydrogens is 844 g/mol. The van der Waals surface area contributed by atoms with E-state index in [0.717, 1.165) is 45.6 Å². The fourth-order valence-corrected chi connectivity index (χ4v) is 9.60. The minimum absolute atomic E-state index is 0.215. The topological polar surface area (TPSA) is 108 Å². The molecule has 0 saturated heterocycles. The van der Waals surface area contributed by atoms with Crippen LogP contribution in [0.15, 0.2) is 0 Å². The van der Waals surface area contributed by atoms with Crippen LogP contribution in [0.4, 0.5) is 0 Å². The molecule has 394 valence electrons. The summed E-state index contributed by atoms with van der Waals surface area (Å²) in [6.45, 7) is 3.97. The van der Waals surface area contributed by atoms with Crippen molar-refractivity contribution in [2.45, 2.75) is 335 Å². The van der Waals surface area contributed by atoms with Crippen molar-refractivity contribution in [3.05, 3.63) is 0 Å². The number of phosphoric acid groups is 1. The van der Waals surface area contributed by atoms with E-state index in [1.54, 1.807) is 0 Å². The lowest BCUT2D eigenvalue weighted by molar-refractivity contribution is -0.161. The van der Waals surface area contributed by atoms with Crippen molar-refractivity contribution in [1.82, 2.24) is 0 Å². The van der Waals surface area contributed by atoms with Gasteiger partial charge in [0, 0.05) is 20.0 Å². The number of esters is 2. The molecule has 0 rings (SSSR count). The largest absolute Gasteiger partial charge is 0.472 e. The molecule has 0 aliphatic carbocycles. The lowest BCUT2D eigenvalue weighted by Gasteiger charge is -2.19. The van der Waals surface area contributed by atoms with E-state index < -0.39 is 19.9 Å². The summed E-state index contributed by atoms with van der Waals surface area (Å²) in [7, 11) is -3.19. The molecule has 0 amide bonds. The lowest BCUT2D eigenvalue weighted by Crippen LogP contribution is -2.29. The first kappa shape index (κ1) is 65.0. The minimum atomic E-state index is -4.26. The van der Waals surface area contributed by atoms with Crippen LogP contribution in [0.3, 0.4) is 0 Å². The van der Waals surface area contributed by atoms with Crippen LogP contribution in [-0.4, -0.2) is 43.3 Å². The zero-order valence-corrected chi connectivity index (χ0v) is 45.3. The molecule has 0 aliphatic heterocycles. The number of phosphoric ester groups is 1. The fraction of sp³-hybridized carbons (Fsp3) is 0.965. The molecule has 0 saturated carbocycles. The van der Waals surface area contributed by atoms with Crippen LogP contribution in [0, 0.1) is 0 Å². The van der Waals surface area contributed by atoms with Crippen LogP contribution in [0.25, 0.3) is 0 Å². The monoisotopic (exact) mass is 957 g/mol. The maximum Gasteiger partial charge on any atom is 0.472 e. The van der Waals surface area contributed by atoms with E-state index in [4.69, 9.17) is 14.0 Å². The summed E-state index contributed by atoms with van der Waals surface area (Å²) >= 11 is 0. The normalized spacial score (nSPS) is 13.0. The predicted octanol–water partition coefficient (Wildman–Crippen LogP) is 19.4. The second kappa shape index (κ2) is 53.4. The Kier molecular flexibility index (Phi) is 52.6. The van der Waals surface area contributed by atoms with Gasteiger partial charge in [0.25, 0.3) is 0 Å². The van der Waals surface area contributed by atoms with Gasteiger partial charge in [0.1, 0.15) is 6.61 Å². The molecule has 0 radical (unpaired) electrons. The van der Waals surface area contributed by atoms with E-state index in [2.05, 4.69) is 18.4 Å². The molecule has 2 atom stereocenters. The Morgan fingerprint density at radius 1 is 0.364 bits per heavy atom. The predicted molar refractivity (Wildman–Crippen MR) is 281 cm³/mol. The Morgan fingerprint density at radius 2 is 0.591 bits per heavy atom. The number of hydrogen-bond donors (Lipinski definition) is 1. The van der Waals surface area contributed by atoms with Crippen molar-refractivity contribution in [3.63, 3.8) is 0 Å². The molecule has 8 nitrogen and oxygen atoms in total. The summed E-state index contributed by atoms with van der Waals surface area (Å²) in [5.74, 6) is -0.776. The number of carbonyl (C=O) groups is 2. The number of rotatable bonds is 56. The Bertz CT molecular complexity index is 1040. The smallest absolute Gasteiger partial charge is 0.462 e. The van der Waals surface area contributed by atoms with Crippen LogP contribution in [-0.2, 0) is 32.7 Å². The third-order valence-corrected chi connectivity index (χ3v) is 14.5. The molecule has 2 unspecified atom stereocenters. The average Bonchev–Trinajstić information content (AvgIpc) is 3.31. The van der Waals surface area contributed by atoms with Crippen molar-refractivity contribution in [2.24, 2.45) is 0 Å². The number of ether oxygens (including phenoxy) is 2. The molecule has 0 fully saturated rings. The van der Waals surface area contributed by atoms with Gasteiger partial charge in [-0.25, -0.2) is 4.57 Å². The van der Waals surface area contributed by atoms with Gasteiger partial charge < -0.3 is 14.4 Å². The van der Waals surface area contributed by atoms with Gasteiger partial charge in [-0.1, -0.05) is 303 Å². The summed E-state index contributed by atoms with van der Waals surface area (Å²) in [4.78, 5) is 34.8. The van der Waals surface area contributed by atoms with Gasteiger partial charge in [-0.3, -0.25) is 18.6 Å². The Hall–Kier alpha value is -0.950. The molecular formula is C57H113O8P. The van der Waals surface area contributed by atoms with Crippen LogP contribution >= 0.6 is 7.82 Å².